The lowest BCUT2D eigenvalue weighted by molar-refractivity contribution is -0.147. The molecule has 126 valence electrons. The van der Waals surface area contributed by atoms with Gasteiger partial charge in [-0.1, -0.05) is 12.1 Å². The molecular formula is C15H18O7S. The van der Waals surface area contributed by atoms with E-state index in [1.165, 1.54) is 0 Å². The number of hydrogen-bond acceptors (Lipinski definition) is 6. The van der Waals surface area contributed by atoms with Gasteiger partial charge in [-0.3, -0.25) is 9.35 Å². The summed E-state index contributed by atoms with van der Waals surface area (Å²) >= 11 is 0. The molecular weight excluding hydrogens is 324 g/mol. The van der Waals surface area contributed by atoms with E-state index in [1.807, 2.05) is 18.2 Å². The van der Waals surface area contributed by atoms with E-state index in [9.17, 15) is 13.2 Å². The molecule has 0 radical (unpaired) electrons. The van der Waals surface area contributed by atoms with Gasteiger partial charge in [-0.2, -0.15) is 8.42 Å². The summed E-state index contributed by atoms with van der Waals surface area (Å²) in [4.78, 5) is 11.6. The van der Waals surface area contributed by atoms with Crippen molar-refractivity contribution in [3.8, 4) is 5.75 Å². The Kier molecular flexibility index (Phi) is 4.56. The van der Waals surface area contributed by atoms with Gasteiger partial charge in [0.05, 0.1) is 6.61 Å². The van der Waals surface area contributed by atoms with E-state index in [4.69, 9.17) is 18.8 Å². The van der Waals surface area contributed by atoms with Gasteiger partial charge in [0.1, 0.15) is 24.6 Å². The van der Waals surface area contributed by atoms with Crippen LogP contribution in [0.15, 0.2) is 18.2 Å². The zero-order valence-electron chi connectivity index (χ0n) is 12.4. The maximum Gasteiger partial charge on any atom is 0.324 e. The quantitative estimate of drug-likeness (QED) is 0.472. The van der Waals surface area contributed by atoms with Crippen molar-refractivity contribution < 1.29 is 32.0 Å². The van der Waals surface area contributed by atoms with Gasteiger partial charge in [0, 0.05) is 5.56 Å². The summed E-state index contributed by atoms with van der Waals surface area (Å²) in [5.41, 5.74) is 1.80. The first-order valence-corrected chi connectivity index (χ1v) is 9.04. The maximum atomic E-state index is 11.6. The summed E-state index contributed by atoms with van der Waals surface area (Å²) in [5.74, 6) is -1.25. The van der Waals surface area contributed by atoms with E-state index in [2.05, 4.69) is 0 Å². The van der Waals surface area contributed by atoms with Crippen LogP contribution in [-0.2, 0) is 30.8 Å². The first-order valence-electron chi connectivity index (χ1n) is 7.43. The molecule has 1 fully saturated rings. The molecule has 1 aliphatic heterocycles. The highest BCUT2D eigenvalue weighted by Crippen LogP contribution is 2.37. The number of hydrogen-bond donors (Lipinski definition) is 1. The molecule has 0 saturated carbocycles. The number of benzene rings is 1. The predicted molar refractivity (Wildman–Crippen MR) is 79.9 cm³/mol. The number of rotatable bonds is 6. The second-order valence-corrected chi connectivity index (χ2v) is 7.14. The molecule has 3 rings (SSSR count). The molecule has 0 spiro atoms. The lowest BCUT2D eigenvalue weighted by Gasteiger charge is -2.27. The van der Waals surface area contributed by atoms with Crippen LogP contribution in [0.2, 0.25) is 0 Å². The zero-order chi connectivity index (χ0) is 16.4. The van der Waals surface area contributed by atoms with Crippen LogP contribution in [0.25, 0.3) is 0 Å². The number of ether oxygens (including phenoxy) is 3. The molecule has 1 aliphatic carbocycles. The first kappa shape index (κ1) is 16.2. The lowest BCUT2D eigenvalue weighted by Crippen LogP contribution is -2.23. The Labute approximate surface area is 134 Å². The van der Waals surface area contributed by atoms with Gasteiger partial charge in [0.15, 0.2) is 5.75 Å². The summed E-state index contributed by atoms with van der Waals surface area (Å²) in [6.45, 7) is 1.20. The molecule has 23 heavy (non-hydrogen) atoms. The van der Waals surface area contributed by atoms with Gasteiger partial charge in [0.25, 0.3) is 10.1 Å². The fourth-order valence-electron chi connectivity index (χ4n) is 2.72. The van der Waals surface area contributed by atoms with E-state index in [-0.39, 0.29) is 6.10 Å². The van der Waals surface area contributed by atoms with Crippen LogP contribution >= 0.6 is 0 Å². The molecule has 0 aromatic heterocycles. The van der Waals surface area contributed by atoms with Crippen molar-refractivity contribution in [2.45, 2.75) is 31.5 Å². The van der Waals surface area contributed by atoms with E-state index < -0.39 is 27.9 Å². The van der Waals surface area contributed by atoms with E-state index in [0.717, 1.165) is 29.7 Å². The number of fused-ring (bicyclic) bond motifs is 1. The minimum atomic E-state index is -4.38. The van der Waals surface area contributed by atoms with E-state index >= 15 is 0 Å². The molecule has 1 heterocycles. The minimum Gasteiger partial charge on any atom is -0.490 e. The lowest BCUT2D eigenvalue weighted by atomic mass is 9.88. The highest BCUT2D eigenvalue weighted by molar-refractivity contribution is 7.86. The van der Waals surface area contributed by atoms with Crippen LogP contribution < -0.4 is 4.74 Å². The molecule has 0 bridgehead atoms. The second-order valence-electron chi connectivity index (χ2n) is 5.69. The number of carbonyl (C=O) groups is 1. The third kappa shape index (κ3) is 4.43. The van der Waals surface area contributed by atoms with Crippen molar-refractivity contribution in [2.75, 3.05) is 19.0 Å². The van der Waals surface area contributed by atoms with Gasteiger partial charge in [-0.05, 0) is 30.9 Å². The fourth-order valence-corrected chi connectivity index (χ4v) is 3.08. The van der Waals surface area contributed by atoms with Gasteiger partial charge in [-0.25, -0.2) is 0 Å². The Bertz CT molecular complexity index is 694. The number of epoxide rings is 1. The molecule has 2 atom stereocenters. The second kappa shape index (κ2) is 6.46. The van der Waals surface area contributed by atoms with Crippen molar-refractivity contribution in [2.24, 2.45) is 0 Å². The minimum absolute atomic E-state index is 0.151. The standard InChI is InChI=1S/C15H18O7S/c16-15(9-23(17,18)19)22-14-6-2-3-11-12(14)4-1-5-13(11)21-8-10-7-20-10/h1,4-5,10,14H,2-3,6-9H2,(H,17,18,19). The van der Waals surface area contributed by atoms with Gasteiger partial charge >= 0.3 is 5.97 Å². The van der Waals surface area contributed by atoms with Crippen molar-refractivity contribution in [3.05, 3.63) is 29.3 Å². The molecule has 8 heteroatoms. The van der Waals surface area contributed by atoms with Crippen LogP contribution in [0.3, 0.4) is 0 Å². The van der Waals surface area contributed by atoms with Crippen LogP contribution in [0.5, 0.6) is 5.75 Å². The monoisotopic (exact) mass is 342 g/mol. The third-order valence-electron chi connectivity index (χ3n) is 3.81. The molecule has 2 aliphatic rings. The summed E-state index contributed by atoms with van der Waals surface area (Å²) < 4.78 is 46.4. The normalized spacial score (nSPS) is 23.0. The average molecular weight is 342 g/mol. The molecule has 1 N–H and O–H groups in total. The maximum absolute atomic E-state index is 11.6. The molecule has 2 unspecified atom stereocenters. The van der Waals surface area contributed by atoms with Crippen LogP contribution in [0.1, 0.15) is 30.1 Å². The highest BCUT2D eigenvalue weighted by Gasteiger charge is 2.28. The first-order chi connectivity index (χ1) is 10.9. The van der Waals surface area contributed by atoms with Gasteiger partial charge in [0.2, 0.25) is 0 Å². The Morgan fingerprint density at radius 3 is 2.87 bits per heavy atom. The molecule has 0 amide bonds. The summed E-state index contributed by atoms with van der Waals surface area (Å²) in [7, 11) is -4.38. The Hall–Kier alpha value is -1.64. The van der Waals surface area contributed by atoms with Crippen molar-refractivity contribution in [1.82, 2.24) is 0 Å². The highest BCUT2D eigenvalue weighted by atomic mass is 32.2. The molecule has 1 aromatic carbocycles. The van der Waals surface area contributed by atoms with Gasteiger partial charge in [-0.15, -0.1) is 0 Å². The predicted octanol–water partition coefficient (Wildman–Crippen LogP) is 1.27. The smallest absolute Gasteiger partial charge is 0.324 e. The van der Waals surface area contributed by atoms with Crippen LogP contribution in [0.4, 0.5) is 0 Å². The van der Waals surface area contributed by atoms with Crippen LogP contribution in [0, 0.1) is 0 Å². The van der Waals surface area contributed by atoms with Crippen LogP contribution in [-0.4, -0.2) is 44.0 Å². The van der Waals surface area contributed by atoms with E-state index in [0.29, 0.717) is 19.6 Å². The Balaban J connectivity index is 1.73. The molecule has 7 nitrogen and oxygen atoms in total. The Morgan fingerprint density at radius 1 is 1.39 bits per heavy atom. The van der Waals surface area contributed by atoms with Crippen molar-refractivity contribution in [1.29, 1.82) is 0 Å². The number of carbonyl (C=O) groups excluding carboxylic acids is 1. The SMILES string of the molecule is O=C(CS(=O)(=O)O)OC1CCCc2c(OCC3CO3)cccc21. The van der Waals surface area contributed by atoms with Crippen molar-refractivity contribution in [3.63, 3.8) is 0 Å². The van der Waals surface area contributed by atoms with Crippen molar-refractivity contribution >= 4 is 16.1 Å². The average Bonchev–Trinajstić information content (AvgIpc) is 3.27. The zero-order valence-corrected chi connectivity index (χ0v) is 13.3. The van der Waals surface area contributed by atoms with E-state index in [1.54, 1.807) is 0 Å². The topological polar surface area (TPSA) is 102 Å². The largest absolute Gasteiger partial charge is 0.490 e. The third-order valence-corrected chi connectivity index (χ3v) is 4.41. The molecule has 1 aromatic rings. The fraction of sp³-hybridized carbons (Fsp3) is 0.533. The van der Waals surface area contributed by atoms with Gasteiger partial charge < -0.3 is 14.2 Å². The number of esters is 1. The summed E-state index contributed by atoms with van der Waals surface area (Å²) in [6.07, 6.45) is 1.85. The summed E-state index contributed by atoms with van der Waals surface area (Å²) in [5, 5.41) is 0. The Morgan fingerprint density at radius 2 is 2.17 bits per heavy atom. The molecule has 1 saturated heterocycles. The summed E-state index contributed by atoms with van der Waals surface area (Å²) in [6, 6.07) is 5.53.